The summed E-state index contributed by atoms with van der Waals surface area (Å²) in [6, 6.07) is 5.56. The minimum Gasteiger partial charge on any atom is -0.508 e. The maximum Gasteiger partial charge on any atom is 0.117 e. The van der Waals surface area contributed by atoms with Crippen molar-refractivity contribution in [2.24, 2.45) is 0 Å². The second-order valence-corrected chi connectivity index (χ2v) is 4.17. The van der Waals surface area contributed by atoms with Crippen LogP contribution in [0.2, 0.25) is 0 Å². The van der Waals surface area contributed by atoms with E-state index in [9.17, 15) is 5.11 Å². The molecule has 2 aliphatic rings. The number of phenolic OH excluding ortho intramolecular Hbond substituents is 1. The highest BCUT2D eigenvalue weighted by Crippen LogP contribution is 2.43. The monoisotopic (exact) mass is 191 g/mol. The smallest absolute Gasteiger partial charge is 0.117 e. The summed E-state index contributed by atoms with van der Waals surface area (Å²) in [5.74, 6) is 0.326. The molecule has 1 saturated heterocycles. The lowest BCUT2D eigenvalue weighted by atomic mass is 9.82. The van der Waals surface area contributed by atoms with Gasteiger partial charge in [-0.05, 0) is 18.1 Å². The van der Waals surface area contributed by atoms with Crippen molar-refractivity contribution < 1.29 is 9.84 Å². The Labute approximate surface area is 82.7 Å². The minimum atomic E-state index is 0.170. The molecule has 3 nitrogen and oxygen atoms in total. The van der Waals surface area contributed by atoms with E-state index in [4.69, 9.17) is 4.74 Å². The first kappa shape index (κ1) is 8.12. The summed E-state index contributed by atoms with van der Waals surface area (Å²) < 4.78 is 5.47. The summed E-state index contributed by atoms with van der Waals surface area (Å²) in [7, 11) is 0. The van der Waals surface area contributed by atoms with Crippen molar-refractivity contribution in [3.05, 3.63) is 23.8 Å². The lowest BCUT2D eigenvalue weighted by Crippen LogP contribution is -2.28. The fourth-order valence-corrected chi connectivity index (χ4v) is 2.46. The van der Waals surface area contributed by atoms with Gasteiger partial charge in [0.05, 0.1) is 6.61 Å². The minimum absolute atomic E-state index is 0.170. The van der Waals surface area contributed by atoms with Gasteiger partial charge in [0, 0.05) is 30.3 Å². The molecule has 1 fully saturated rings. The van der Waals surface area contributed by atoms with Crippen LogP contribution in [0.15, 0.2) is 18.2 Å². The SMILES string of the molecule is Oc1ccc2c(c1)NCC21CCOC1. The van der Waals surface area contributed by atoms with Crippen LogP contribution in [-0.4, -0.2) is 24.9 Å². The number of hydrogen-bond acceptors (Lipinski definition) is 3. The number of rotatable bonds is 0. The third kappa shape index (κ3) is 0.960. The molecule has 0 saturated carbocycles. The van der Waals surface area contributed by atoms with Crippen LogP contribution in [0.4, 0.5) is 5.69 Å². The average molecular weight is 191 g/mol. The zero-order chi connectivity index (χ0) is 9.60. The number of ether oxygens (including phenoxy) is 1. The molecule has 1 aromatic carbocycles. The normalized spacial score (nSPS) is 29.1. The third-order valence-electron chi connectivity index (χ3n) is 3.30. The topological polar surface area (TPSA) is 41.5 Å². The van der Waals surface area contributed by atoms with Crippen LogP contribution in [0.1, 0.15) is 12.0 Å². The summed E-state index contributed by atoms with van der Waals surface area (Å²) in [6.07, 6.45) is 1.08. The molecule has 2 aliphatic heterocycles. The molecule has 2 heterocycles. The molecule has 1 unspecified atom stereocenters. The van der Waals surface area contributed by atoms with Crippen molar-refractivity contribution >= 4 is 5.69 Å². The van der Waals surface area contributed by atoms with Gasteiger partial charge >= 0.3 is 0 Å². The van der Waals surface area contributed by atoms with Crippen LogP contribution in [0.5, 0.6) is 5.75 Å². The largest absolute Gasteiger partial charge is 0.508 e. The number of phenols is 1. The molecule has 3 heteroatoms. The Hall–Kier alpha value is -1.22. The summed E-state index contributed by atoms with van der Waals surface area (Å²) in [4.78, 5) is 0. The Morgan fingerprint density at radius 2 is 2.36 bits per heavy atom. The van der Waals surface area contributed by atoms with Crippen LogP contribution < -0.4 is 5.32 Å². The van der Waals surface area contributed by atoms with Crippen molar-refractivity contribution in [2.45, 2.75) is 11.8 Å². The summed E-state index contributed by atoms with van der Waals surface area (Å²) in [5.41, 5.74) is 2.53. The molecule has 0 radical (unpaired) electrons. The van der Waals surface area contributed by atoms with Gasteiger partial charge in [-0.25, -0.2) is 0 Å². The highest BCUT2D eigenvalue weighted by Gasteiger charge is 2.42. The van der Waals surface area contributed by atoms with E-state index in [1.54, 1.807) is 12.1 Å². The number of fused-ring (bicyclic) bond motifs is 2. The van der Waals surface area contributed by atoms with Crippen molar-refractivity contribution in [3.8, 4) is 5.75 Å². The second kappa shape index (κ2) is 2.64. The molecule has 1 aromatic rings. The van der Waals surface area contributed by atoms with E-state index in [-0.39, 0.29) is 5.41 Å². The number of benzene rings is 1. The molecule has 0 amide bonds. The molecule has 2 N–H and O–H groups in total. The number of aromatic hydroxyl groups is 1. The Balaban J connectivity index is 2.09. The highest BCUT2D eigenvalue weighted by molar-refractivity contribution is 5.63. The maximum absolute atomic E-state index is 9.36. The van der Waals surface area contributed by atoms with E-state index in [0.717, 1.165) is 31.9 Å². The second-order valence-electron chi connectivity index (χ2n) is 4.17. The van der Waals surface area contributed by atoms with E-state index >= 15 is 0 Å². The maximum atomic E-state index is 9.36. The average Bonchev–Trinajstić information content (AvgIpc) is 2.77. The van der Waals surface area contributed by atoms with Crippen molar-refractivity contribution in [1.82, 2.24) is 0 Å². The van der Waals surface area contributed by atoms with Gasteiger partial charge in [0.1, 0.15) is 5.75 Å². The van der Waals surface area contributed by atoms with E-state index in [1.807, 2.05) is 6.07 Å². The van der Waals surface area contributed by atoms with Gasteiger partial charge < -0.3 is 15.2 Å². The molecular formula is C11H13NO2. The van der Waals surface area contributed by atoms with Crippen LogP contribution >= 0.6 is 0 Å². The number of anilines is 1. The summed E-state index contributed by atoms with van der Waals surface area (Å²) >= 11 is 0. The zero-order valence-electron chi connectivity index (χ0n) is 7.92. The quantitative estimate of drug-likeness (QED) is 0.652. The van der Waals surface area contributed by atoms with E-state index in [0.29, 0.717) is 5.75 Å². The summed E-state index contributed by atoms with van der Waals surface area (Å²) in [5, 5.41) is 12.7. The fraction of sp³-hybridized carbons (Fsp3) is 0.455. The van der Waals surface area contributed by atoms with E-state index < -0.39 is 0 Å². The van der Waals surface area contributed by atoms with Crippen molar-refractivity contribution in [2.75, 3.05) is 25.1 Å². The Bertz CT molecular complexity index is 370. The molecule has 1 spiro atoms. The van der Waals surface area contributed by atoms with Gasteiger partial charge in [-0.3, -0.25) is 0 Å². The van der Waals surface area contributed by atoms with Gasteiger partial charge in [-0.15, -0.1) is 0 Å². The first-order valence-corrected chi connectivity index (χ1v) is 4.95. The molecule has 74 valence electrons. The first-order chi connectivity index (χ1) is 6.80. The van der Waals surface area contributed by atoms with Crippen LogP contribution in [0, 0.1) is 0 Å². The Morgan fingerprint density at radius 3 is 3.14 bits per heavy atom. The zero-order valence-corrected chi connectivity index (χ0v) is 7.92. The summed E-state index contributed by atoms with van der Waals surface area (Å²) in [6.45, 7) is 2.59. The van der Waals surface area contributed by atoms with Gasteiger partial charge in [0.25, 0.3) is 0 Å². The molecule has 3 rings (SSSR count). The molecule has 0 bridgehead atoms. The lowest BCUT2D eigenvalue weighted by molar-refractivity contribution is 0.181. The number of nitrogens with one attached hydrogen (secondary N) is 1. The molecule has 0 aromatic heterocycles. The predicted octanol–water partition coefficient (Wildman–Crippen LogP) is 1.48. The third-order valence-corrected chi connectivity index (χ3v) is 3.30. The van der Waals surface area contributed by atoms with Gasteiger partial charge in [0.2, 0.25) is 0 Å². The number of hydrogen-bond donors (Lipinski definition) is 2. The first-order valence-electron chi connectivity index (χ1n) is 4.95. The van der Waals surface area contributed by atoms with Crippen molar-refractivity contribution in [1.29, 1.82) is 0 Å². The van der Waals surface area contributed by atoms with Crippen molar-refractivity contribution in [3.63, 3.8) is 0 Å². The van der Waals surface area contributed by atoms with Gasteiger partial charge in [-0.1, -0.05) is 6.07 Å². The molecule has 1 atom stereocenters. The fourth-order valence-electron chi connectivity index (χ4n) is 2.46. The molecular weight excluding hydrogens is 178 g/mol. The molecule has 14 heavy (non-hydrogen) atoms. The van der Waals surface area contributed by atoms with Crippen LogP contribution in [-0.2, 0) is 10.2 Å². The Morgan fingerprint density at radius 1 is 1.43 bits per heavy atom. The Kier molecular flexibility index (Phi) is 1.53. The molecule has 0 aliphatic carbocycles. The van der Waals surface area contributed by atoms with Crippen LogP contribution in [0.25, 0.3) is 0 Å². The predicted molar refractivity (Wildman–Crippen MR) is 53.7 cm³/mol. The standard InChI is InChI=1S/C11H13NO2/c13-8-1-2-9-10(5-8)12-6-11(9)3-4-14-7-11/h1-2,5,12-13H,3-4,6-7H2. The van der Waals surface area contributed by atoms with Crippen LogP contribution in [0.3, 0.4) is 0 Å². The van der Waals surface area contributed by atoms with E-state index in [1.165, 1.54) is 5.56 Å². The lowest BCUT2D eigenvalue weighted by Gasteiger charge is -2.20. The van der Waals surface area contributed by atoms with Gasteiger partial charge in [-0.2, -0.15) is 0 Å². The van der Waals surface area contributed by atoms with Gasteiger partial charge in [0.15, 0.2) is 0 Å². The highest BCUT2D eigenvalue weighted by atomic mass is 16.5. The van der Waals surface area contributed by atoms with E-state index in [2.05, 4.69) is 5.32 Å².